The number of aromatic nitrogens is 2. The third kappa shape index (κ3) is 5.05. The highest BCUT2D eigenvalue weighted by Gasteiger charge is 2.39. The van der Waals surface area contributed by atoms with Gasteiger partial charge in [0.15, 0.2) is 5.17 Å². The summed E-state index contributed by atoms with van der Waals surface area (Å²) in [7, 11) is 0. The lowest BCUT2D eigenvalue weighted by atomic mass is 9.71. The van der Waals surface area contributed by atoms with Crippen molar-refractivity contribution < 1.29 is 9.18 Å². The highest BCUT2D eigenvalue weighted by molar-refractivity contribution is 8.13. The Labute approximate surface area is 218 Å². The second-order valence-electron chi connectivity index (χ2n) is 8.75. The molecule has 0 bridgehead atoms. The van der Waals surface area contributed by atoms with Crippen molar-refractivity contribution in [3.8, 4) is 11.3 Å². The quantitative estimate of drug-likeness (QED) is 0.181. The average Bonchev–Trinajstić information content (AvgIpc) is 3.29. The van der Waals surface area contributed by atoms with Gasteiger partial charge in [-0.1, -0.05) is 73.6 Å². The molecular formula is C27H25ClFN5OS. The second-order valence-corrected chi connectivity index (χ2v) is 9.95. The number of hydrogen-bond donors (Lipinski definition) is 1. The normalized spacial score (nSPS) is 13.0. The third-order valence-corrected chi connectivity index (χ3v) is 6.96. The molecule has 0 saturated carbocycles. The number of carbonyl (C=O) groups excluding carboxylic acids is 1. The highest BCUT2D eigenvalue weighted by Crippen LogP contribution is 2.42. The number of pyridine rings is 1. The van der Waals surface area contributed by atoms with Gasteiger partial charge in [0, 0.05) is 24.4 Å². The lowest BCUT2D eigenvalue weighted by Gasteiger charge is -2.34. The maximum Gasteiger partial charge on any atom is 0.232 e. The molecule has 0 saturated heterocycles. The minimum Gasteiger partial charge on any atom is -0.305 e. The number of thioether (sulfide) groups is 1. The van der Waals surface area contributed by atoms with Crippen molar-refractivity contribution in [3.05, 3.63) is 95.2 Å². The van der Waals surface area contributed by atoms with E-state index >= 15 is 0 Å². The molecule has 0 fully saturated rings. The van der Waals surface area contributed by atoms with Crippen molar-refractivity contribution >= 4 is 46.7 Å². The number of amidine groups is 1. The van der Waals surface area contributed by atoms with Crippen LogP contribution in [0.5, 0.6) is 0 Å². The second kappa shape index (κ2) is 10.6. The average molecular weight is 522 g/mol. The Bertz CT molecular complexity index is 1450. The van der Waals surface area contributed by atoms with E-state index in [0.717, 1.165) is 22.2 Å². The van der Waals surface area contributed by atoms with E-state index in [2.05, 4.69) is 27.2 Å². The largest absolute Gasteiger partial charge is 0.305 e. The van der Waals surface area contributed by atoms with Gasteiger partial charge in [-0.25, -0.2) is 9.37 Å². The molecule has 2 heterocycles. The summed E-state index contributed by atoms with van der Waals surface area (Å²) < 4.78 is 15.6. The molecule has 2 aromatic carbocycles. The lowest BCUT2D eigenvalue weighted by Crippen LogP contribution is -2.43. The van der Waals surface area contributed by atoms with Gasteiger partial charge in [0.2, 0.25) is 5.91 Å². The molecule has 4 rings (SSSR count). The number of halogens is 2. The van der Waals surface area contributed by atoms with E-state index in [-0.39, 0.29) is 16.8 Å². The van der Waals surface area contributed by atoms with Crippen LogP contribution in [0.4, 0.5) is 4.39 Å². The number of amides is 1. The maximum absolute atomic E-state index is 13.7. The standard InChI is InChI=1S/C27H25ClFN5OS/c1-27(2,25(35)32-26(36-4)33-30-3)23(17-8-6-5-7-9-17)19-11-13-22-24(31-16-34(22)15-19)18-10-12-21(29)20(28)14-18/h5-16,23H,3H2,1-2,4H3,(H,32,33,35). The SMILES string of the molecule is C=N/N=C(/NC(=O)C(C)(C)C(c1ccccc1)c1ccc2c(-c3ccc(F)c(Cl)c3)ncn2c1)SC. The first-order valence-electron chi connectivity index (χ1n) is 11.1. The van der Waals surface area contributed by atoms with E-state index < -0.39 is 11.2 Å². The fourth-order valence-electron chi connectivity index (χ4n) is 4.30. The molecule has 4 aromatic rings. The van der Waals surface area contributed by atoms with Crippen LogP contribution in [-0.2, 0) is 4.79 Å². The smallest absolute Gasteiger partial charge is 0.232 e. The Kier molecular flexibility index (Phi) is 7.56. The van der Waals surface area contributed by atoms with Gasteiger partial charge in [-0.15, -0.1) is 5.10 Å². The molecular weight excluding hydrogens is 497 g/mol. The number of nitrogens with zero attached hydrogens (tertiary/aromatic N) is 4. The molecule has 1 N–H and O–H groups in total. The number of rotatable bonds is 6. The van der Waals surface area contributed by atoms with Gasteiger partial charge in [-0.2, -0.15) is 5.10 Å². The van der Waals surface area contributed by atoms with E-state index in [1.54, 1.807) is 18.5 Å². The monoisotopic (exact) mass is 521 g/mol. The first-order valence-corrected chi connectivity index (χ1v) is 12.7. The van der Waals surface area contributed by atoms with Gasteiger partial charge in [-0.3, -0.25) is 4.79 Å². The van der Waals surface area contributed by atoms with Gasteiger partial charge in [0.25, 0.3) is 0 Å². The zero-order chi connectivity index (χ0) is 25.9. The zero-order valence-electron chi connectivity index (χ0n) is 20.1. The minimum atomic E-state index is -0.861. The molecule has 0 aliphatic carbocycles. The predicted octanol–water partition coefficient (Wildman–Crippen LogP) is 6.40. The molecule has 9 heteroatoms. The van der Waals surface area contributed by atoms with Crippen molar-refractivity contribution in [2.75, 3.05) is 6.26 Å². The molecule has 1 amide bonds. The number of carbonyl (C=O) groups is 1. The summed E-state index contributed by atoms with van der Waals surface area (Å²) in [6.45, 7) is 7.19. The van der Waals surface area contributed by atoms with Crippen molar-refractivity contribution in [1.29, 1.82) is 0 Å². The fourth-order valence-corrected chi connectivity index (χ4v) is 4.81. The molecule has 1 unspecified atom stereocenters. The Morgan fingerprint density at radius 1 is 1.17 bits per heavy atom. The van der Waals surface area contributed by atoms with E-state index in [1.165, 1.54) is 17.8 Å². The molecule has 184 valence electrons. The molecule has 0 radical (unpaired) electrons. The predicted molar refractivity (Wildman–Crippen MR) is 146 cm³/mol. The van der Waals surface area contributed by atoms with Crippen LogP contribution in [0, 0.1) is 11.2 Å². The Morgan fingerprint density at radius 2 is 1.92 bits per heavy atom. The van der Waals surface area contributed by atoms with E-state index in [1.807, 2.05) is 73.2 Å². The topological polar surface area (TPSA) is 71.1 Å². The molecule has 0 aliphatic heterocycles. The molecule has 36 heavy (non-hydrogen) atoms. The number of benzene rings is 2. The van der Waals surface area contributed by atoms with Crippen LogP contribution < -0.4 is 5.32 Å². The molecule has 6 nitrogen and oxygen atoms in total. The number of imidazole rings is 1. The molecule has 2 aromatic heterocycles. The molecule has 1 atom stereocenters. The van der Waals surface area contributed by atoms with Gasteiger partial charge in [0.1, 0.15) is 5.82 Å². The number of fused-ring (bicyclic) bond motifs is 1. The summed E-state index contributed by atoms with van der Waals surface area (Å²) in [4.78, 5) is 18.0. The van der Waals surface area contributed by atoms with Crippen LogP contribution in [0.3, 0.4) is 0 Å². The van der Waals surface area contributed by atoms with Gasteiger partial charge < -0.3 is 9.72 Å². The summed E-state index contributed by atoms with van der Waals surface area (Å²) in [6.07, 6.45) is 5.48. The van der Waals surface area contributed by atoms with Crippen molar-refractivity contribution in [3.63, 3.8) is 0 Å². The summed E-state index contributed by atoms with van der Waals surface area (Å²) in [5.41, 5.74) is 3.31. The Morgan fingerprint density at radius 3 is 2.58 bits per heavy atom. The lowest BCUT2D eigenvalue weighted by molar-refractivity contribution is -0.128. The summed E-state index contributed by atoms with van der Waals surface area (Å²) >= 11 is 7.28. The van der Waals surface area contributed by atoms with Crippen LogP contribution in [0.1, 0.15) is 30.9 Å². The highest BCUT2D eigenvalue weighted by atomic mass is 35.5. The molecule has 0 spiro atoms. The first kappa shape index (κ1) is 25.6. The van der Waals surface area contributed by atoms with Gasteiger partial charge in [0.05, 0.1) is 28.0 Å². The number of nitrogens with one attached hydrogen (secondary N) is 1. The van der Waals surface area contributed by atoms with Crippen molar-refractivity contribution in [2.45, 2.75) is 19.8 Å². The van der Waals surface area contributed by atoms with Crippen molar-refractivity contribution in [1.82, 2.24) is 14.7 Å². The zero-order valence-corrected chi connectivity index (χ0v) is 21.6. The van der Waals surface area contributed by atoms with E-state index in [4.69, 9.17) is 11.6 Å². The van der Waals surface area contributed by atoms with Gasteiger partial charge in [-0.05, 0) is 41.6 Å². The first-order chi connectivity index (χ1) is 17.3. The van der Waals surface area contributed by atoms with Crippen LogP contribution >= 0.6 is 23.4 Å². The molecule has 0 aliphatic rings. The number of hydrogen-bond acceptors (Lipinski definition) is 5. The summed E-state index contributed by atoms with van der Waals surface area (Å²) in [5, 5.41) is 10.7. The van der Waals surface area contributed by atoms with Crippen LogP contribution in [-0.4, -0.2) is 33.4 Å². The van der Waals surface area contributed by atoms with Crippen molar-refractivity contribution in [2.24, 2.45) is 15.6 Å². The van der Waals surface area contributed by atoms with E-state index in [0.29, 0.717) is 10.9 Å². The van der Waals surface area contributed by atoms with Gasteiger partial charge >= 0.3 is 0 Å². The van der Waals surface area contributed by atoms with Crippen LogP contribution in [0.15, 0.2) is 83.4 Å². The summed E-state index contributed by atoms with van der Waals surface area (Å²) in [5.74, 6) is -0.953. The fraction of sp³-hybridized carbons (Fsp3) is 0.185. The van der Waals surface area contributed by atoms with E-state index in [9.17, 15) is 9.18 Å². The van der Waals surface area contributed by atoms with Crippen LogP contribution in [0.2, 0.25) is 5.02 Å². The van der Waals surface area contributed by atoms with Crippen LogP contribution in [0.25, 0.3) is 16.8 Å². The summed E-state index contributed by atoms with van der Waals surface area (Å²) in [6, 6.07) is 18.4. The Hall–Kier alpha value is -3.49. The maximum atomic E-state index is 13.7. The minimum absolute atomic E-state index is 0.0435. The Balaban J connectivity index is 1.78. The third-order valence-electron chi connectivity index (χ3n) is 6.10.